The molecule has 1 heterocycles. The van der Waals surface area contributed by atoms with Gasteiger partial charge in [-0.15, -0.1) is 11.3 Å². The summed E-state index contributed by atoms with van der Waals surface area (Å²) in [5.74, 6) is -1.17. The number of aliphatic hydroxyl groups is 1. The maximum atomic E-state index is 12.3. The Morgan fingerprint density at radius 3 is 2.79 bits per heavy atom. The molecule has 0 fully saturated rings. The Kier molecular flexibility index (Phi) is 6.24. The van der Waals surface area contributed by atoms with Crippen LogP contribution in [0.2, 0.25) is 0 Å². The number of carbonyl (C=O) groups is 2. The molecule has 0 aliphatic heterocycles. The van der Waals surface area contributed by atoms with Crippen molar-refractivity contribution in [2.24, 2.45) is 0 Å². The van der Waals surface area contributed by atoms with Gasteiger partial charge in [0, 0.05) is 25.8 Å². The lowest BCUT2D eigenvalue weighted by Gasteiger charge is -2.20. The summed E-state index contributed by atoms with van der Waals surface area (Å²) in [7, 11) is 0. The quantitative estimate of drug-likeness (QED) is 0.746. The zero-order chi connectivity index (χ0) is 14.3. The second-order valence-electron chi connectivity index (χ2n) is 3.84. The summed E-state index contributed by atoms with van der Waals surface area (Å²) >= 11 is 1.29. The minimum Gasteiger partial charge on any atom is -0.478 e. The van der Waals surface area contributed by atoms with Crippen LogP contribution in [0.3, 0.4) is 0 Å². The van der Waals surface area contributed by atoms with Gasteiger partial charge in [-0.2, -0.15) is 0 Å². The van der Waals surface area contributed by atoms with Gasteiger partial charge in [-0.25, -0.2) is 4.79 Å². The molecule has 1 rings (SSSR count). The predicted molar refractivity (Wildman–Crippen MR) is 74.3 cm³/mol. The molecule has 0 aliphatic rings. The smallest absolute Gasteiger partial charge is 0.328 e. The second kappa shape index (κ2) is 7.70. The molecule has 0 atom stereocenters. The van der Waals surface area contributed by atoms with E-state index in [9.17, 15) is 9.59 Å². The minimum absolute atomic E-state index is 0.0417. The lowest BCUT2D eigenvalue weighted by atomic mass is 10.2. The lowest BCUT2D eigenvalue weighted by molar-refractivity contribution is -0.131. The molecule has 0 spiro atoms. The van der Waals surface area contributed by atoms with Crippen LogP contribution in [0.25, 0.3) is 6.08 Å². The number of carbonyl (C=O) groups excluding carboxylic acids is 1. The van der Waals surface area contributed by atoms with E-state index >= 15 is 0 Å². The summed E-state index contributed by atoms with van der Waals surface area (Å²) in [6.07, 6.45) is 2.97. The van der Waals surface area contributed by atoms with Crippen LogP contribution >= 0.6 is 11.3 Å². The van der Waals surface area contributed by atoms with Crippen LogP contribution in [0, 0.1) is 0 Å². The van der Waals surface area contributed by atoms with Gasteiger partial charge >= 0.3 is 5.97 Å². The Morgan fingerprint density at radius 1 is 1.47 bits per heavy atom. The van der Waals surface area contributed by atoms with Crippen molar-refractivity contribution in [2.75, 3.05) is 19.7 Å². The molecular formula is C13H17NO4S. The predicted octanol–water partition coefficient (Wildman–Crippen LogP) is 1.69. The van der Waals surface area contributed by atoms with E-state index in [2.05, 4.69) is 0 Å². The first kappa shape index (κ1) is 15.4. The Morgan fingerprint density at radius 2 is 2.21 bits per heavy atom. The fourth-order valence-corrected chi connectivity index (χ4v) is 2.45. The first-order chi connectivity index (χ1) is 9.10. The minimum atomic E-state index is -1.04. The van der Waals surface area contributed by atoms with Crippen LogP contribution in [-0.2, 0) is 4.79 Å². The number of amides is 1. The third-order valence-corrected chi connectivity index (χ3v) is 3.47. The van der Waals surface area contributed by atoms with Gasteiger partial charge in [-0.1, -0.05) is 0 Å². The van der Waals surface area contributed by atoms with Crippen molar-refractivity contribution in [2.45, 2.75) is 13.3 Å². The Hall–Kier alpha value is -1.66. The molecule has 0 bridgehead atoms. The number of aliphatic hydroxyl groups excluding tert-OH is 1. The fraction of sp³-hybridized carbons (Fsp3) is 0.385. The molecule has 5 nitrogen and oxygen atoms in total. The van der Waals surface area contributed by atoms with Gasteiger partial charge in [-0.3, -0.25) is 4.79 Å². The zero-order valence-corrected chi connectivity index (χ0v) is 11.5. The average molecular weight is 283 g/mol. The van der Waals surface area contributed by atoms with Crippen molar-refractivity contribution in [3.63, 3.8) is 0 Å². The van der Waals surface area contributed by atoms with Crippen molar-refractivity contribution in [3.8, 4) is 0 Å². The Balaban J connectivity index is 2.86. The van der Waals surface area contributed by atoms with Gasteiger partial charge in [0.05, 0.1) is 4.88 Å². The molecule has 0 radical (unpaired) electrons. The monoisotopic (exact) mass is 283 g/mol. The summed E-state index contributed by atoms with van der Waals surface area (Å²) in [6.45, 7) is 2.96. The zero-order valence-electron chi connectivity index (χ0n) is 10.7. The van der Waals surface area contributed by atoms with E-state index in [4.69, 9.17) is 10.2 Å². The number of aliphatic carboxylic acids is 1. The molecule has 2 N–H and O–H groups in total. The van der Waals surface area contributed by atoms with E-state index in [1.165, 1.54) is 17.4 Å². The van der Waals surface area contributed by atoms with Crippen LogP contribution in [0.5, 0.6) is 0 Å². The summed E-state index contributed by atoms with van der Waals surface area (Å²) in [6, 6.07) is 1.72. The molecular weight excluding hydrogens is 266 g/mol. The van der Waals surface area contributed by atoms with Crippen LogP contribution in [0.4, 0.5) is 0 Å². The molecule has 19 heavy (non-hydrogen) atoms. The number of hydrogen-bond acceptors (Lipinski definition) is 4. The summed E-state index contributed by atoms with van der Waals surface area (Å²) in [4.78, 5) is 24.9. The molecule has 0 saturated heterocycles. The molecule has 104 valence electrons. The summed E-state index contributed by atoms with van der Waals surface area (Å²) in [5.41, 5.74) is 0.611. The van der Waals surface area contributed by atoms with Crippen LogP contribution in [-0.4, -0.2) is 46.7 Å². The van der Waals surface area contributed by atoms with E-state index < -0.39 is 5.97 Å². The van der Waals surface area contributed by atoms with Gasteiger partial charge in [0.25, 0.3) is 5.91 Å². The first-order valence-corrected chi connectivity index (χ1v) is 6.86. The molecule has 1 amide bonds. The standard InChI is InChI=1S/C13H17NO4S/c1-2-14(7-3-8-15)13(18)12-10(6-9-19-12)4-5-11(16)17/h4-6,9,15H,2-3,7-8H2,1H3,(H,16,17)/b5-4+. The number of carboxylic acid groups (broad SMARTS) is 1. The molecule has 0 saturated carbocycles. The van der Waals surface area contributed by atoms with Gasteiger partial charge in [-0.05, 0) is 36.4 Å². The number of rotatable bonds is 7. The van der Waals surface area contributed by atoms with Crippen LogP contribution < -0.4 is 0 Å². The highest BCUT2D eigenvalue weighted by molar-refractivity contribution is 7.12. The van der Waals surface area contributed by atoms with E-state index in [0.29, 0.717) is 30.0 Å². The Labute approximate surface area is 115 Å². The van der Waals surface area contributed by atoms with Crippen molar-refractivity contribution >= 4 is 29.3 Å². The maximum Gasteiger partial charge on any atom is 0.328 e. The highest BCUT2D eigenvalue weighted by Crippen LogP contribution is 2.20. The fourth-order valence-electron chi connectivity index (χ4n) is 1.59. The molecule has 0 unspecified atom stereocenters. The van der Waals surface area contributed by atoms with E-state index in [-0.39, 0.29) is 12.5 Å². The summed E-state index contributed by atoms with van der Waals surface area (Å²) in [5, 5.41) is 19.2. The first-order valence-electron chi connectivity index (χ1n) is 5.98. The van der Waals surface area contributed by atoms with Crippen molar-refractivity contribution < 1.29 is 19.8 Å². The van der Waals surface area contributed by atoms with E-state index in [1.807, 2.05) is 6.92 Å². The number of carboxylic acids is 1. The van der Waals surface area contributed by atoms with Crippen LogP contribution in [0.15, 0.2) is 17.5 Å². The Bertz CT molecular complexity index is 467. The SMILES string of the molecule is CCN(CCCO)C(=O)c1sccc1/C=C/C(=O)O. The van der Waals surface area contributed by atoms with Crippen molar-refractivity contribution in [3.05, 3.63) is 28.0 Å². The largest absolute Gasteiger partial charge is 0.478 e. The van der Waals surface area contributed by atoms with Gasteiger partial charge in [0.1, 0.15) is 0 Å². The van der Waals surface area contributed by atoms with Gasteiger partial charge < -0.3 is 15.1 Å². The average Bonchev–Trinajstić information content (AvgIpc) is 2.85. The van der Waals surface area contributed by atoms with Gasteiger partial charge in [0.2, 0.25) is 0 Å². The van der Waals surface area contributed by atoms with Gasteiger partial charge in [0.15, 0.2) is 0 Å². The van der Waals surface area contributed by atoms with E-state index in [1.54, 1.807) is 16.3 Å². The summed E-state index contributed by atoms with van der Waals surface area (Å²) < 4.78 is 0. The normalized spacial score (nSPS) is 10.8. The van der Waals surface area contributed by atoms with Crippen LogP contribution in [0.1, 0.15) is 28.6 Å². The highest BCUT2D eigenvalue weighted by atomic mass is 32.1. The molecule has 0 aromatic carbocycles. The number of hydrogen-bond donors (Lipinski definition) is 2. The lowest BCUT2D eigenvalue weighted by Crippen LogP contribution is -2.32. The second-order valence-corrected chi connectivity index (χ2v) is 4.75. The topological polar surface area (TPSA) is 77.8 Å². The van der Waals surface area contributed by atoms with E-state index in [0.717, 1.165) is 6.08 Å². The maximum absolute atomic E-state index is 12.3. The highest BCUT2D eigenvalue weighted by Gasteiger charge is 2.17. The molecule has 1 aromatic heterocycles. The molecule has 6 heteroatoms. The number of thiophene rings is 1. The third-order valence-electron chi connectivity index (χ3n) is 2.55. The molecule has 0 aliphatic carbocycles. The third kappa shape index (κ3) is 4.50. The molecule has 1 aromatic rings. The number of nitrogens with zero attached hydrogens (tertiary/aromatic N) is 1. The van der Waals surface area contributed by atoms with Crippen molar-refractivity contribution in [1.29, 1.82) is 0 Å². The van der Waals surface area contributed by atoms with Crippen molar-refractivity contribution in [1.82, 2.24) is 4.90 Å².